The van der Waals surface area contributed by atoms with Crippen LogP contribution in [0.5, 0.6) is 0 Å². The van der Waals surface area contributed by atoms with E-state index in [1.54, 1.807) is 0 Å². The molecular weight excluding hydrogens is 371 g/mol. The highest BCUT2D eigenvalue weighted by molar-refractivity contribution is 7.89. The molecule has 6 nitrogen and oxygen atoms in total. The van der Waals surface area contributed by atoms with Gasteiger partial charge < -0.3 is 4.74 Å². The number of benzene rings is 2. The van der Waals surface area contributed by atoms with Crippen molar-refractivity contribution in [3.05, 3.63) is 59.4 Å². The van der Waals surface area contributed by atoms with Crippen LogP contribution in [-0.2, 0) is 21.2 Å². The molecule has 1 heterocycles. The number of aryl methyl sites for hydroxylation is 2. The number of ether oxygens (including phenoxy) is 1. The number of amides is 1. The number of anilines is 1. The molecule has 1 aliphatic rings. The van der Waals surface area contributed by atoms with Crippen LogP contribution in [-0.4, -0.2) is 33.7 Å². The number of carbonyl (C=O) groups is 1. The van der Waals surface area contributed by atoms with Crippen LogP contribution >= 0.6 is 0 Å². The fraction of sp³-hybridized carbons (Fsp3) is 0.316. The van der Waals surface area contributed by atoms with Crippen molar-refractivity contribution in [2.45, 2.75) is 31.3 Å². The molecule has 0 aromatic heterocycles. The molecule has 8 heteroatoms. The zero-order valence-corrected chi connectivity index (χ0v) is 15.9. The Bertz CT molecular complexity index is 945. The molecule has 0 spiro atoms. The van der Waals surface area contributed by atoms with Gasteiger partial charge in [-0.25, -0.2) is 22.3 Å². The van der Waals surface area contributed by atoms with E-state index in [2.05, 4.69) is 4.72 Å². The Balaban J connectivity index is 1.64. The molecule has 1 N–H and O–H groups in total. The Labute approximate surface area is 158 Å². The van der Waals surface area contributed by atoms with Crippen molar-refractivity contribution in [3.63, 3.8) is 0 Å². The molecule has 1 unspecified atom stereocenters. The van der Waals surface area contributed by atoms with Gasteiger partial charge in [-0.1, -0.05) is 19.1 Å². The number of sulfonamides is 1. The van der Waals surface area contributed by atoms with E-state index in [9.17, 15) is 17.6 Å². The third-order valence-corrected chi connectivity index (χ3v) is 5.89. The van der Waals surface area contributed by atoms with E-state index in [-0.39, 0.29) is 23.5 Å². The molecule has 1 aliphatic heterocycles. The maximum atomic E-state index is 13.3. The van der Waals surface area contributed by atoms with Crippen LogP contribution in [0, 0.1) is 12.7 Å². The summed E-state index contributed by atoms with van der Waals surface area (Å²) >= 11 is 0. The van der Waals surface area contributed by atoms with Crippen molar-refractivity contribution < 1.29 is 22.3 Å². The zero-order chi connectivity index (χ0) is 19.6. The molecule has 1 saturated heterocycles. The van der Waals surface area contributed by atoms with Gasteiger partial charge in [-0.3, -0.25) is 4.90 Å². The molecule has 1 atom stereocenters. The highest BCUT2D eigenvalue weighted by atomic mass is 32.2. The Kier molecular flexibility index (Phi) is 5.48. The predicted molar refractivity (Wildman–Crippen MR) is 99.8 cm³/mol. The Morgan fingerprint density at radius 2 is 1.93 bits per heavy atom. The molecule has 1 fully saturated rings. The van der Waals surface area contributed by atoms with Gasteiger partial charge in [0, 0.05) is 12.2 Å². The zero-order valence-electron chi connectivity index (χ0n) is 15.1. The van der Waals surface area contributed by atoms with E-state index in [4.69, 9.17) is 4.74 Å². The van der Waals surface area contributed by atoms with Crippen LogP contribution in [0.15, 0.2) is 47.4 Å². The van der Waals surface area contributed by atoms with Gasteiger partial charge >= 0.3 is 6.09 Å². The van der Waals surface area contributed by atoms with Crippen LogP contribution in [0.25, 0.3) is 0 Å². The number of rotatable bonds is 6. The summed E-state index contributed by atoms with van der Waals surface area (Å²) in [5, 5.41) is 0. The van der Waals surface area contributed by atoms with Gasteiger partial charge in [-0.2, -0.15) is 0 Å². The van der Waals surface area contributed by atoms with Gasteiger partial charge in [-0.15, -0.1) is 0 Å². The summed E-state index contributed by atoms with van der Waals surface area (Å²) in [7, 11) is -3.82. The minimum Gasteiger partial charge on any atom is -0.443 e. The van der Waals surface area contributed by atoms with Crippen LogP contribution in [0.1, 0.15) is 18.1 Å². The molecule has 144 valence electrons. The van der Waals surface area contributed by atoms with E-state index in [1.807, 2.05) is 31.2 Å². The maximum absolute atomic E-state index is 13.3. The van der Waals surface area contributed by atoms with Crippen molar-refractivity contribution in [2.75, 3.05) is 18.0 Å². The van der Waals surface area contributed by atoms with E-state index >= 15 is 0 Å². The van der Waals surface area contributed by atoms with Gasteiger partial charge in [-0.05, 0) is 54.8 Å². The Morgan fingerprint density at radius 1 is 1.22 bits per heavy atom. The third-order valence-electron chi connectivity index (χ3n) is 4.47. The maximum Gasteiger partial charge on any atom is 0.414 e. The van der Waals surface area contributed by atoms with E-state index in [1.165, 1.54) is 24.0 Å². The molecule has 0 radical (unpaired) electrons. The Hall–Kier alpha value is -2.45. The van der Waals surface area contributed by atoms with Gasteiger partial charge in [0.2, 0.25) is 10.0 Å². The number of nitrogens with zero attached hydrogens (tertiary/aromatic N) is 1. The van der Waals surface area contributed by atoms with Crippen molar-refractivity contribution in [1.82, 2.24) is 4.72 Å². The lowest BCUT2D eigenvalue weighted by molar-refractivity contribution is 0.143. The SMILES string of the molecule is CCc1ccc(N2CC(CNS(=O)(=O)c3ccc(F)c(C)c3)OC2=O)cc1. The van der Waals surface area contributed by atoms with Crippen molar-refractivity contribution in [2.24, 2.45) is 0 Å². The normalized spacial score (nSPS) is 17.2. The van der Waals surface area contributed by atoms with E-state index in [0.717, 1.165) is 18.1 Å². The summed E-state index contributed by atoms with van der Waals surface area (Å²) in [6.45, 7) is 3.72. The largest absolute Gasteiger partial charge is 0.443 e. The molecular formula is C19H21FN2O4S. The second kappa shape index (κ2) is 7.66. The number of hydrogen-bond acceptors (Lipinski definition) is 4. The number of carbonyl (C=O) groups excluding carboxylic acids is 1. The Morgan fingerprint density at radius 3 is 2.56 bits per heavy atom. The summed E-state index contributed by atoms with van der Waals surface area (Å²) in [6, 6.07) is 11.1. The van der Waals surface area contributed by atoms with Gasteiger partial charge in [0.25, 0.3) is 0 Å². The number of halogens is 1. The summed E-state index contributed by atoms with van der Waals surface area (Å²) in [5.41, 5.74) is 2.11. The lowest BCUT2D eigenvalue weighted by Crippen LogP contribution is -2.34. The third kappa shape index (κ3) is 4.28. The quantitative estimate of drug-likeness (QED) is 0.820. The fourth-order valence-electron chi connectivity index (χ4n) is 2.82. The molecule has 0 bridgehead atoms. The lowest BCUT2D eigenvalue weighted by atomic mass is 10.1. The monoisotopic (exact) mass is 392 g/mol. The van der Waals surface area contributed by atoms with Gasteiger partial charge in [0.15, 0.2) is 0 Å². The number of cyclic esters (lactones) is 1. The molecule has 1 amide bonds. The lowest BCUT2D eigenvalue weighted by Gasteiger charge is -2.14. The molecule has 2 aromatic carbocycles. The molecule has 0 saturated carbocycles. The van der Waals surface area contributed by atoms with E-state index < -0.39 is 28.0 Å². The summed E-state index contributed by atoms with van der Waals surface area (Å²) in [6.07, 6.45) is -0.224. The van der Waals surface area contributed by atoms with Crippen molar-refractivity contribution >= 4 is 21.8 Å². The van der Waals surface area contributed by atoms with Crippen molar-refractivity contribution in [1.29, 1.82) is 0 Å². The fourth-order valence-corrected chi connectivity index (χ4v) is 3.97. The van der Waals surface area contributed by atoms with Crippen molar-refractivity contribution in [3.8, 4) is 0 Å². The minimum atomic E-state index is -3.82. The number of hydrogen-bond donors (Lipinski definition) is 1. The average molecular weight is 392 g/mol. The second-order valence-corrected chi connectivity index (χ2v) is 8.17. The molecule has 0 aliphatic carbocycles. The highest BCUT2D eigenvalue weighted by Gasteiger charge is 2.33. The van der Waals surface area contributed by atoms with Gasteiger partial charge in [0.05, 0.1) is 11.4 Å². The predicted octanol–water partition coefficient (Wildman–Crippen LogP) is 3.00. The summed E-state index contributed by atoms with van der Waals surface area (Å²) < 4.78 is 45.8. The first-order valence-electron chi connectivity index (χ1n) is 8.63. The number of nitrogens with one attached hydrogen (secondary N) is 1. The summed E-state index contributed by atoms with van der Waals surface area (Å²) in [5.74, 6) is -0.469. The highest BCUT2D eigenvalue weighted by Crippen LogP contribution is 2.22. The first kappa shape index (κ1) is 19.3. The van der Waals surface area contributed by atoms with Crippen LogP contribution in [0.4, 0.5) is 14.9 Å². The van der Waals surface area contributed by atoms with Crippen LogP contribution in [0.3, 0.4) is 0 Å². The second-order valence-electron chi connectivity index (χ2n) is 6.40. The first-order valence-corrected chi connectivity index (χ1v) is 10.1. The first-order chi connectivity index (χ1) is 12.8. The topological polar surface area (TPSA) is 75.7 Å². The van der Waals surface area contributed by atoms with Crippen LogP contribution in [0.2, 0.25) is 0 Å². The van der Waals surface area contributed by atoms with E-state index in [0.29, 0.717) is 5.69 Å². The summed E-state index contributed by atoms with van der Waals surface area (Å²) in [4.78, 5) is 13.5. The smallest absolute Gasteiger partial charge is 0.414 e. The van der Waals surface area contributed by atoms with Crippen LogP contribution < -0.4 is 9.62 Å². The van der Waals surface area contributed by atoms with Gasteiger partial charge in [0.1, 0.15) is 11.9 Å². The molecule has 3 rings (SSSR count). The average Bonchev–Trinajstić information content (AvgIpc) is 3.03. The molecule has 27 heavy (non-hydrogen) atoms. The standard InChI is InChI=1S/C19H21FN2O4S/c1-3-14-4-6-15(7-5-14)22-12-16(26-19(22)23)11-21-27(24,25)17-8-9-18(20)13(2)10-17/h4-10,16,21H,3,11-12H2,1-2H3. The molecule has 2 aromatic rings. The minimum absolute atomic E-state index is 0.0299.